The highest BCUT2D eigenvalue weighted by Gasteiger charge is 2.53. The van der Waals surface area contributed by atoms with E-state index in [4.69, 9.17) is 0 Å². The van der Waals surface area contributed by atoms with Gasteiger partial charge in [-0.05, 0) is 54.1 Å². The van der Waals surface area contributed by atoms with Gasteiger partial charge in [0.05, 0.1) is 0 Å². The zero-order valence-corrected chi connectivity index (χ0v) is 13.8. The first-order valence-electron chi connectivity index (χ1n) is 8.63. The largest absolute Gasteiger partial charge is 0.372 e. The zero-order chi connectivity index (χ0) is 17.4. The van der Waals surface area contributed by atoms with Crippen molar-refractivity contribution in [2.75, 3.05) is 19.6 Å². The van der Waals surface area contributed by atoms with E-state index in [0.29, 0.717) is 35.4 Å². The topological polar surface area (TPSA) is 61.4 Å². The second-order valence-electron chi connectivity index (χ2n) is 6.94. The number of benzene rings is 2. The third-order valence-electron chi connectivity index (χ3n) is 5.55. The zero-order valence-electron chi connectivity index (χ0n) is 13.8. The minimum absolute atomic E-state index is 0.357. The Bertz CT molecular complexity index is 755. The lowest BCUT2D eigenvalue weighted by atomic mass is 9.85. The Labute approximate surface area is 146 Å². The van der Waals surface area contributed by atoms with Crippen molar-refractivity contribution in [3.8, 4) is 0 Å². The molecule has 0 radical (unpaired) electrons. The van der Waals surface area contributed by atoms with Gasteiger partial charge in [0.1, 0.15) is 5.82 Å². The van der Waals surface area contributed by atoms with Crippen LogP contribution in [0.15, 0.2) is 54.6 Å². The standard InChI is InChI=1S/C20H21FN2O2/c21-15-8-6-14(7-9-15)20(25,13-4-2-1-3-5-13)19(24)23-12-18-16-10-22-11-17(16)18/h1-9,16-18,22,25H,10-12H2,(H,23,24)/t16-,17?,18?,20-/m0/s1. The number of nitrogens with one attached hydrogen (secondary N) is 2. The number of carbonyl (C=O) groups is 1. The molecule has 130 valence electrons. The summed E-state index contributed by atoms with van der Waals surface area (Å²) in [6, 6.07) is 14.2. The molecular formula is C20H21FN2O2. The average molecular weight is 340 g/mol. The summed E-state index contributed by atoms with van der Waals surface area (Å²) in [7, 11) is 0. The first-order chi connectivity index (χ1) is 12.1. The number of rotatable bonds is 5. The molecule has 2 aromatic carbocycles. The van der Waals surface area contributed by atoms with E-state index < -0.39 is 17.3 Å². The Hall–Kier alpha value is -2.24. The molecule has 1 amide bonds. The van der Waals surface area contributed by atoms with Gasteiger partial charge in [0.2, 0.25) is 0 Å². The normalized spacial score (nSPS) is 26.6. The molecule has 0 aromatic heterocycles. The predicted octanol–water partition coefficient (Wildman–Crippen LogP) is 1.64. The van der Waals surface area contributed by atoms with Gasteiger partial charge in [-0.3, -0.25) is 4.79 Å². The van der Waals surface area contributed by atoms with Crippen molar-refractivity contribution in [3.63, 3.8) is 0 Å². The molecule has 1 saturated carbocycles. The summed E-state index contributed by atoms with van der Waals surface area (Å²) >= 11 is 0. The third-order valence-corrected chi connectivity index (χ3v) is 5.55. The van der Waals surface area contributed by atoms with Gasteiger partial charge in [-0.15, -0.1) is 0 Å². The highest BCUT2D eigenvalue weighted by molar-refractivity contribution is 5.90. The molecule has 3 N–H and O–H groups in total. The first-order valence-corrected chi connectivity index (χ1v) is 8.63. The molecule has 1 heterocycles. The first kappa shape index (κ1) is 16.2. The molecule has 25 heavy (non-hydrogen) atoms. The van der Waals surface area contributed by atoms with E-state index in [2.05, 4.69) is 10.6 Å². The number of piperidine rings is 1. The van der Waals surface area contributed by atoms with Crippen LogP contribution in [0.4, 0.5) is 4.39 Å². The quantitative estimate of drug-likeness (QED) is 0.776. The molecule has 0 bridgehead atoms. The molecule has 4 rings (SSSR count). The number of halogens is 1. The lowest BCUT2D eigenvalue weighted by Gasteiger charge is -2.28. The van der Waals surface area contributed by atoms with Crippen molar-refractivity contribution >= 4 is 5.91 Å². The molecule has 1 aliphatic carbocycles. The van der Waals surface area contributed by atoms with Crippen LogP contribution in [-0.4, -0.2) is 30.6 Å². The molecule has 4 nitrogen and oxygen atoms in total. The number of amides is 1. The van der Waals surface area contributed by atoms with Gasteiger partial charge in [-0.25, -0.2) is 4.39 Å². The van der Waals surface area contributed by atoms with Crippen LogP contribution in [0.5, 0.6) is 0 Å². The summed E-state index contributed by atoms with van der Waals surface area (Å²) in [4.78, 5) is 12.9. The molecule has 2 aliphatic rings. The molecule has 5 heteroatoms. The molecule has 0 spiro atoms. The van der Waals surface area contributed by atoms with Gasteiger partial charge in [0, 0.05) is 6.54 Å². The van der Waals surface area contributed by atoms with Gasteiger partial charge in [-0.2, -0.15) is 0 Å². The van der Waals surface area contributed by atoms with E-state index in [0.717, 1.165) is 13.1 Å². The fraction of sp³-hybridized carbons (Fsp3) is 0.350. The Kier molecular flexibility index (Phi) is 4.06. The van der Waals surface area contributed by atoms with E-state index in [9.17, 15) is 14.3 Å². The van der Waals surface area contributed by atoms with Gasteiger partial charge < -0.3 is 15.7 Å². The van der Waals surface area contributed by atoms with Crippen LogP contribution in [0.25, 0.3) is 0 Å². The van der Waals surface area contributed by atoms with Crippen molar-refractivity contribution < 1.29 is 14.3 Å². The van der Waals surface area contributed by atoms with Gasteiger partial charge in [0.15, 0.2) is 5.60 Å². The maximum atomic E-state index is 13.3. The summed E-state index contributed by atoms with van der Waals surface area (Å²) in [6.07, 6.45) is 0. The maximum Gasteiger partial charge on any atom is 0.261 e. The fourth-order valence-electron chi connectivity index (χ4n) is 3.99. The van der Waals surface area contributed by atoms with Crippen LogP contribution in [0, 0.1) is 23.6 Å². The van der Waals surface area contributed by atoms with Crippen molar-refractivity contribution in [2.24, 2.45) is 17.8 Å². The van der Waals surface area contributed by atoms with Crippen LogP contribution < -0.4 is 10.6 Å². The highest BCUT2D eigenvalue weighted by Crippen LogP contribution is 2.48. The number of hydrogen-bond acceptors (Lipinski definition) is 3. The highest BCUT2D eigenvalue weighted by atomic mass is 19.1. The number of carbonyl (C=O) groups excluding carboxylic acids is 1. The molecule has 1 aliphatic heterocycles. The van der Waals surface area contributed by atoms with Crippen LogP contribution in [-0.2, 0) is 10.4 Å². The Morgan fingerprint density at radius 3 is 2.32 bits per heavy atom. The smallest absolute Gasteiger partial charge is 0.261 e. The van der Waals surface area contributed by atoms with E-state index in [1.165, 1.54) is 24.3 Å². The van der Waals surface area contributed by atoms with Crippen molar-refractivity contribution in [3.05, 3.63) is 71.5 Å². The number of hydrogen-bond donors (Lipinski definition) is 3. The summed E-state index contributed by atoms with van der Waals surface area (Å²) in [5.74, 6) is 0.881. The Balaban J connectivity index is 1.58. The summed E-state index contributed by atoms with van der Waals surface area (Å²) in [5.41, 5.74) is -1.01. The number of aliphatic hydroxyl groups is 1. The summed E-state index contributed by atoms with van der Waals surface area (Å²) < 4.78 is 13.3. The fourth-order valence-corrected chi connectivity index (χ4v) is 3.99. The van der Waals surface area contributed by atoms with Crippen LogP contribution in [0.1, 0.15) is 11.1 Å². The summed E-state index contributed by atoms with van der Waals surface area (Å²) in [5, 5.41) is 17.5. The second kappa shape index (κ2) is 6.24. The number of fused-ring (bicyclic) bond motifs is 1. The van der Waals surface area contributed by atoms with Gasteiger partial charge >= 0.3 is 0 Å². The third kappa shape index (κ3) is 2.83. The average Bonchev–Trinajstić information content (AvgIpc) is 3.07. The van der Waals surface area contributed by atoms with Crippen molar-refractivity contribution in [1.29, 1.82) is 0 Å². The molecule has 1 saturated heterocycles. The molecule has 2 unspecified atom stereocenters. The lowest BCUT2D eigenvalue weighted by Crippen LogP contribution is -2.46. The van der Waals surface area contributed by atoms with E-state index in [1.807, 2.05) is 6.07 Å². The van der Waals surface area contributed by atoms with E-state index in [1.54, 1.807) is 24.3 Å². The monoisotopic (exact) mass is 340 g/mol. The van der Waals surface area contributed by atoms with Crippen molar-refractivity contribution in [2.45, 2.75) is 5.60 Å². The predicted molar refractivity (Wildman–Crippen MR) is 92.2 cm³/mol. The maximum absolute atomic E-state index is 13.3. The lowest BCUT2D eigenvalue weighted by molar-refractivity contribution is -0.136. The van der Waals surface area contributed by atoms with Crippen LogP contribution >= 0.6 is 0 Å². The summed E-state index contributed by atoms with van der Waals surface area (Å²) in [6.45, 7) is 2.57. The van der Waals surface area contributed by atoms with Gasteiger partial charge in [0.25, 0.3) is 5.91 Å². The molecule has 2 fully saturated rings. The van der Waals surface area contributed by atoms with E-state index >= 15 is 0 Å². The Morgan fingerprint density at radius 2 is 1.68 bits per heavy atom. The molecule has 4 atom stereocenters. The molecule has 2 aromatic rings. The second-order valence-corrected chi connectivity index (χ2v) is 6.94. The minimum atomic E-state index is -1.84. The van der Waals surface area contributed by atoms with Crippen molar-refractivity contribution in [1.82, 2.24) is 10.6 Å². The SMILES string of the molecule is O=C(NCC1C2CNC[C@@H]21)[C@](O)(c1ccccc1)c1ccc(F)cc1. The Morgan fingerprint density at radius 1 is 1.08 bits per heavy atom. The van der Waals surface area contributed by atoms with Gasteiger partial charge in [-0.1, -0.05) is 42.5 Å². The molecular weight excluding hydrogens is 319 g/mol. The van der Waals surface area contributed by atoms with E-state index in [-0.39, 0.29) is 0 Å². The minimum Gasteiger partial charge on any atom is -0.372 e. The van der Waals surface area contributed by atoms with Crippen LogP contribution in [0.2, 0.25) is 0 Å². The van der Waals surface area contributed by atoms with Crippen LogP contribution in [0.3, 0.4) is 0 Å².